The Kier molecular flexibility index (Phi) is 4.57. The van der Waals surface area contributed by atoms with Crippen molar-refractivity contribution in [2.75, 3.05) is 31.8 Å². The molecule has 2 aliphatic rings. The first-order valence-electron chi connectivity index (χ1n) is 7.52. The van der Waals surface area contributed by atoms with E-state index in [1.165, 1.54) is 0 Å². The van der Waals surface area contributed by atoms with Crippen molar-refractivity contribution in [2.45, 2.75) is 18.9 Å². The van der Waals surface area contributed by atoms with E-state index in [9.17, 15) is 9.59 Å². The van der Waals surface area contributed by atoms with Crippen LogP contribution in [0.4, 0.5) is 0 Å². The summed E-state index contributed by atoms with van der Waals surface area (Å²) >= 11 is 1.64. The van der Waals surface area contributed by atoms with E-state index < -0.39 is 0 Å². The summed E-state index contributed by atoms with van der Waals surface area (Å²) in [6.45, 7) is 1.65. The number of ether oxygens (including phenoxy) is 1. The molecular formula is C16H20N2O3S. The van der Waals surface area contributed by atoms with Gasteiger partial charge in [-0.15, -0.1) is 11.8 Å². The molecule has 1 atom stereocenters. The Balaban J connectivity index is 1.73. The lowest BCUT2D eigenvalue weighted by Crippen LogP contribution is -2.48. The zero-order chi connectivity index (χ0) is 15.5. The predicted octanol–water partition coefficient (Wildman–Crippen LogP) is 1.83. The average Bonchev–Trinajstić information content (AvgIpc) is 3.25. The number of amides is 2. The van der Waals surface area contributed by atoms with Gasteiger partial charge in [-0.2, -0.15) is 0 Å². The van der Waals surface area contributed by atoms with Gasteiger partial charge in [-0.3, -0.25) is 9.59 Å². The largest absolute Gasteiger partial charge is 0.497 e. The van der Waals surface area contributed by atoms with Crippen LogP contribution in [0.1, 0.15) is 23.2 Å². The number of likely N-dealkylation sites (tertiary alicyclic amines) is 1. The number of carbonyl (C=O) groups excluding carboxylic acids is 2. The van der Waals surface area contributed by atoms with Crippen LogP contribution in [-0.2, 0) is 4.79 Å². The first kappa shape index (κ1) is 15.2. The van der Waals surface area contributed by atoms with E-state index in [1.54, 1.807) is 48.0 Å². The fraction of sp³-hybridized carbons (Fsp3) is 0.500. The van der Waals surface area contributed by atoms with Gasteiger partial charge < -0.3 is 14.5 Å². The molecule has 3 rings (SSSR count). The van der Waals surface area contributed by atoms with Gasteiger partial charge in [0.25, 0.3) is 5.91 Å². The normalized spacial score (nSPS) is 21.2. The highest BCUT2D eigenvalue weighted by Crippen LogP contribution is 2.26. The summed E-state index contributed by atoms with van der Waals surface area (Å²) < 4.78 is 5.11. The van der Waals surface area contributed by atoms with E-state index in [0.717, 1.165) is 31.7 Å². The first-order chi connectivity index (χ1) is 10.7. The van der Waals surface area contributed by atoms with E-state index in [0.29, 0.717) is 17.2 Å². The van der Waals surface area contributed by atoms with E-state index in [4.69, 9.17) is 4.74 Å². The molecule has 6 heteroatoms. The van der Waals surface area contributed by atoms with Crippen LogP contribution in [0.25, 0.3) is 0 Å². The van der Waals surface area contributed by atoms with E-state index in [1.807, 2.05) is 4.90 Å². The van der Waals surface area contributed by atoms with Crippen molar-refractivity contribution < 1.29 is 14.3 Å². The molecule has 0 saturated carbocycles. The van der Waals surface area contributed by atoms with E-state index in [-0.39, 0.29) is 17.9 Å². The number of nitrogens with zero attached hydrogens (tertiary/aromatic N) is 2. The maximum Gasteiger partial charge on any atom is 0.255 e. The minimum Gasteiger partial charge on any atom is -0.497 e. The Hall–Kier alpha value is -1.69. The lowest BCUT2D eigenvalue weighted by Gasteiger charge is -2.27. The quantitative estimate of drug-likeness (QED) is 0.853. The lowest BCUT2D eigenvalue weighted by molar-refractivity contribution is -0.133. The SMILES string of the molecule is COc1ccc(C(=O)N2CSCC2C(=O)N2CCCC2)cc1. The highest BCUT2D eigenvalue weighted by Gasteiger charge is 2.37. The van der Waals surface area contributed by atoms with Gasteiger partial charge in [0.1, 0.15) is 11.8 Å². The van der Waals surface area contributed by atoms with Crippen LogP contribution in [0.3, 0.4) is 0 Å². The number of carbonyl (C=O) groups is 2. The third-order valence-electron chi connectivity index (χ3n) is 4.18. The summed E-state index contributed by atoms with van der Waals surface area (Å²) in [5.74, 6) is 2.01. The number of benzene rings is 1. The van der Waals surface area contributed by atoms with Gasteiger partial charge >= 0.3 is 0 Å². The standard InChI is InChI=1S/C16H20N2O3S/c1-21-13-6-4-12(5-7-13)15(19)18-11-22-10-14(18)16(20)17-8-2-3-9-17/h4-7,14H,2-3,8-11H2,1H3. The topological polar surface area (TPSA) is 49.9 Å². The molecule has 0 aliphatic carbocycles. The second-order valence-corrected chi connectivity index (χ2v) is 6.55. The number of hydrogen-bond acceptors (Lipinski definition) is 4. The molecule has 0 aromatic heterocycles. The fourth-order valence-corrected chi connectivity index (χ4v) is 4.04. The minimum atomic E-state index is -0.322. The molecule has 2 fully saturated rings. The smallest absolute Gasteiger partial charge is 0.255 e. The van der Waals surface area contributed by atoms with Crippen LogP contribution in [-0.4, -0.2) is 59.5 Å². The van der Waals surface area contributed by atoms with Gasteiger partial charge in [0.05, 0.1) is 13.0 Å². The molecule has 0 radical (unpaired) electrons. The lowest BCUT2D eigenvalue weighted by atomic mass is 10.1. The van der Waals surface area contributed by atoms with E-state index in [2.05, 4.69) is 0 Å². The Morgan fingerprint density at radius 2 is 1.86 bits per heavy atom. The fourth-order valence-electron chi connectivity index (χ4n) is 2.90. The molecule has 1 unspecified atom stereocenters. The van der Waals surface area contributed by atoms with Crippen molar-refractivity contribution in [3.05, 3.63) is 29.8 Å². The summed E-state index contributed by atoms with van der Waals surface area (Å²) in [7, 11) is 1.60. The molecule has 1 aromatic carbocycles. The molecule has 0 N–H and O–H groups in total. The van der Waals surface area contributed by atoms with Crippen molar-refractivity contribution in [3.63, 3.8) is 0 Å². The maximum absolute atomic E-state index is 12.7. The van der Waals surface area contributed by atoms with E-state index >= 15 is 0 Å². The minimum absolute atomic E-state index is 0.0785. The molecule has 0 bridgehead atoms. The average molecular weight is 320 g/mol. The summed E-state index contributed by atoms with van der Waals surface area (Å²) in [6.07, 6.45) is 2.13. The van der Waals surface area contributed by atoms with Crippen molar-refractivity contribution in [1.29, 1.82) is 0 Å². The monoisotopic (exact) mass is 320 g/mol. The summed E-state index contributed by atoms with van der Waals surface area (Å²) in [6, 6.07) is 6.72. The Morgan fingerprint density at radius 1 is 1.18 bits per heavy atom. The van der Waals surface area contributed by atoms with Crippen molar-refractivity contribution >= 4 is 23.6 Å². The van der Waals surface area contributed by atoms with Crippen LogP contribution in [0.15, 0.2) is 24.3 Å². The van der Waals surface area contributed by atoms with Gasteiger partial charge in [0, 0.05) is 24.4 Å². The second-order valence-electron chi connectivity index (χ2n) is 5.55. The van der Waals surface area contributed by atoms with Gasteiger partial charge in [-0.05, 0) is 37.1 Å². The summed E-state index contributed by atoms with van der Waals surface area (Å²) in [5.41, 5.74) is 0.600. The van der Waals surface area contributed by atoms with Gasteiger partial charge in [-0.25, -0.2) is 0 Å². The zero-order valence-corrected chi connectivity index (χ0v) is 13.5. The highest BCUT2D eigenvalue weighted by atomic mass is 32.2. The molecule has 2 amide bonds. The molecule has 22 heavy (non-hydrogen) atoms. The third-order valence-corrected chi connectivity index (χ3v) is 5.20. The van der Waals surface area contributed by atoms with Crippen LogP contribution in [0, 0.1) is 0 Å². The maximum atomic E-state index is 12.7. The molecule has 5 nitrogen and oxygen atoms in total. The van der Waals surface area contributed by atoms with Crippen LogP contribution in [0.5, 0.6) is 5.75 Å². The molecule has 1 aromatic rings. The van der Waals surface area contributed by atoms with Crippen LogP contribution < -0.4 is 4.74 Å². The van der Waals surface area contributed by atoms with Gasteiger partial charge in [0.15, 0.2) is 0 Å². The van der Waals surface area contributed by atoms with Crippen LogP contribution >= 0.6 is 11.8 Å². The molecule has 0 spiro atoms. The molecule has 2 aliphatic heterocycles. The first-order valence-corrected chi connectivity index (χ1v) is 8.68. The highest BCUT2D eigenvalue weighted by molar-refractivity contribution is 7.99. The molecule has 2 saturated heterocycles. The number of hydrogen-bond donors (Lipinski definition) is 0. The van der Waals surface area contributed by atoms with Crippen molar-refractivity contribution in [2.24, 2.45) is 0 Å². The zero-order valence-electron chi connectivity index (χ0n) is 12.7. The second kappa shape index (κ2) is 6.60. The van der Waals surface area contributed by atoms with Crippen molar-refractivity contribution in [3.8, 4) is 5.75 Å². The molecule has 2 heterocycles. The number of rotatable bonds is 3. The third kappa shape index (κ3) is 2.92. The Morgan fingerprint density at radius 3 is 2.50 bits per heavy atom. The Bertz CT molecular complexity index is 555. The summed E-state index contributed by atoms with van der Waals surface area (Å²) in [5, 5.41) is 0. The van der Waals surface area contributed by atoms with Gasteiger partial charge in [-0.1, -0.05) is 0 Å². The Labute approximate surface area is 134 Å². The molecular weight excluding hydrogens is 300 g/mol. The van der Waals surface area contributed by atoms with Crippen LogP contribution in [0.2, 0.25) is 0 Å². The summed E-state index contributed by atoms with van der Waals surface area (Å²) in [4.78, 5) is 28.9. The van der Waals surface area contributed by atoms with Gasteiger partial charge in [0.2, 0.25) is 5.91 Å². The number of thioether (sulfide) groups is 1. The predicted molar refractivity (Wildman–Crippen MR) is 86.1 cm³/mol. The number of methoxy groups -OCH3 is 1. The molecule has 118 valence electrons. The van der Waals surface area contributed by atoms with Crippen molar-refractivity contribution in [1.82, 2.24) is 9.80 Å².